The maximum atomic E-state index is 13.0. The van der Waals surface area contributed by atoms with Crippen molar-refractivity contribution in [3.8, 4) is 17.1 Å². The first-order valence-electron chi connectivity index (χ1n) is 11.9. The van der Waals surface area contributed by atoms with Crippen LogP contribution in [0.4, 0.5) is 5.13 Å². The Bertz CT molecular complexity index is 1800. The molecule has 0 aliphatic carbocycles. The van der Waals surface area contributed by atoms with Crippen molar-refractivity contribution < 1.29 is 29.3 Å². The third kappa shape index (κ3) is 5.10. The highest BCUT2D eigenvalue weighted by molar-refractivity contribution is 8.07. The molecule has 2 aliphatic heterocycles. The van der Waals surface area contributed by atoms with Crippen LogP contribution in [0.5, 0.6) is 0 Å². The van der Waals surface area contributed by atoms with E-state index in [9.17, 15) is 24.7 Å². The number of hydrogen-bond acceptors (Lipinski definition) is 15. The highest BCUT2D eigenvalue weighted by Gasteiger charge is 2.53. The summed E-state index contributed by atoms with van der Waals surface area (Å²) < 4.78 is 8.10. The minimum Gasteiger partial charge on any atom is -0.543 e. The lowest BCUT2D eigenvalue weighted by molar-refractivity contribution is -0.671. The van der Waals surface area contributed by atoms with Crippen molar-refractivity contribution in [3.63, 3.8) is 0 Å². The second kappa shape index (κ2) is 11.2. The number of carbonyl (C=O) groups is 3. The number of pyridine rings is 1. The van der Waals surface area contributed by atoms with Crippen LogP contribution in [0.25, 0.3) is 17.1 Å². The fourth-order valence-corrected chi connectivity index (χ4v) is 8.11. The average Bonchev–Trinajstić information content (AvgIpc) is 3.73. The Balaban J connectivity index is 1.17. The number of nitrogens with zero attached hydrogens (tertiary/aromatic N) is 8. The molecule has 0 bridgehead atoms. The first kappa shape index (κ1) is 27.8. The number of oxime groups is 1. The van der Waals surface area contributed by atoms with Crippen LogP contribution in [-0.2, 0) is 21.4 Å². The molecule has 2 atom stereocenters. The van der Waals surface area contributed by atoms with Crippen LogP contribution in [0.2, 0.25) is 0 Å². The number of thioether (sulfide) groups is 2. The van der Waals surface area contributed by atoms with E-state index >= 15 is 0 Å². The van der Waals surface area contributed by atoms with E-state index in [0.717, 1.165) is 39.5 Å². The zero-order valence-electron chi connectivity index (χ0n) is 21.3. The maximum absolute atomic E-state index is 13.0. The molecule has 19 heteroatoms. The van der Waals surface area contributed by atoms with E-state index in [2.05, 4.69) is 29.8 Å². The van der Waals surface area contributed by atoms with Crippen LogP contribution in [0, 0.1) is 0 Å². The fourth-order valence-electron chi connectivity index (χ4n) is 4.25. The Morgan fingerprint density at radius 3 is 2.90 bits per heavy atom. The molecule has 15 nitrogen and oxygen atoms in total. The summed E-state index contributed by atoms with van der Waals surface area (Å²) in [7, 11) is 1.93. The minimum atomic E-state index is -1.52. The second-order valence-corrected chi connectivity index (χ2v) is 12.9. The molecule has 0 aromatic carbocycles. The van der Waals surface area contributed by atoms with E-state index in [1.54, 1.807) is 10.9 Å². The number of β-lactam (4-membered cyclic amide) rings is 1. The molecule has 1 saturated heterocycles. The van der Waals surface area contributed by atoms with Gasteiger partial charge in [-0.3, -0.25) is 19.1 Å². The molecule has 0 unspecified atom stereocenters. The van der Waals surface area contributed by atoms with E-state index < -0.39 is 34.9 Å². The van der Waals surface area contributed by atoms with Crippen molar-refractivity contribution in [1.82, 2.24) is 34.1 Å². The van der Waals surface area contributed by atoms with Crippen molar-refractivity contribution in [2.75, 3.05) is 11.5 Å². The summed E-state index contributed by atoms with van der Waals surface area (Å²) in [5.74, 6) is -2.44. The number of nitrogens with two attached hydrogens (primary N) is 1. The highest BCUT2D eigenvalue weighted by Crippen LogP contribution is 2.45. The number of nitrogens with one attached hydrogen (secondary N) is 1. The molecule has 42 heavy (non-hydrogen) atoms. The van der Waals surface area contributed by atoms with Crippen LogP contribution in [0.15, 0.2) is 62.5 Å². The SMILES string of the molecule is C[n+]1cccc(-c2cn(-c3csc(SC4=C(C(=O)[O-])N5C(=O)[C@@H](NC(=O)/C(=N\O)c6nsc(N)n6)[C@H]5SC4)n3)cn2)c1. The van der Waals surface area contributed by atoms with Crippen LogP contribution in [0.1, 0.15) is 5.82 Å². The molecule has 0 saturated carbocycles. The molecule has 4 N–H and O–H groups in total. The van der Waals surface area contributed by atoms with Gasteiger partial charge in [0.1, 0.15) is 30.6 Å². The quantitative estimate of drug-likeness (QED) is 0.0737. The molecule has 2 amide bonds. The number of imidazole rings is 1. The number of rotatable bonds is 8. The van der Waals surface area contributed by atoms with Gasteiger partial charge in [0.15, 0.2) is 21.9 Å². The molecule has 4 aromatic rings. The number of carboxylic acids is 1. The number of nitrogen functional groups attached to an aromatic ring is 1. The Kier molecular flexibility index (Phi) is 7.39. The lowest BCUT2D eigenvalue weighted by Gasteiger charge is -2.50. The van der Waals surface area contributed by atoms with E-state index in [1.165, 1.54) is 23.1 Å². The summed E-state index contributed by atoms with van der Waals surface area (Å²) in [5, 5.41) is 28.0. The Hall–Kier alpha value is -4.33. The molecule has 2 aliphatic rings. The molecule has 0 spiro atoms. The molecule has 1 fully saturated rings. The number of fused-ring (bicyclic) bond motifs is 1. The van der Waals surface area contributed by atoms with Gasteiger partial charge in [0.2, 0.25) is 11.5 Å². The van der Waals surface area contributed by atoms with Gasteiger partial charge in [-0.2, -0.15) is 9.36 Å². The third-order valence-corrected chi connectivity index (χ3v) is 10.2. The van der Waals surface area contributed by atoms with Crippen molar-refractivity contribution in [1.29, 1.82) is 0 Å². The Morgan fingerprint density at radius 2 is 2.19 bits per heavy atom. The fraction of sp³-hybridized carbons (Fsp3) is 0.174. The van der Waals surface area contributed by atoms with E-state index in [4.69, 9.17) is 5.73 Å². The summed E-state index contributed by atoms with van der Waals surface area (Å²) in [6.45, 7) is 0. The van der Waals surface area contributed by atoms with Gasteiger partial charge in [-0.1, -0.05) is 16.9 Å². The summed E-state index contributed by atoms with van der Waals surface area (Å²) in [4.78, 5) is 52.2. The standard InChI is InChI=1S/C23H18N10O5S4/c1-31-4-2-3-10(5-31)11-6-32(9-25-11)13-8-40-23(26-13)41-12-7-39-20-15(19(35)33(20)16(12)21(36)37)27-18(34)14(29-38)17-28-22(24)42-30-17/h2-6,8-9,15,20H,7H2,1H3,(H4-,24,27,28,30,34,36,37,38)/t15-,20-/m1/s1. The number of carboxylic acid groups (broad SMARTS) is 1. The first-order valence-corrected chi connectivity index (χ1v) is 15.4. The summed E-state index contributed by atoms with van der Waals surface area (Å²) in [6, 6.07) is 2.82. The first-order chi connectivity index (χ1) is 20.2. The minimum absolute atomic E-state index is 0.0602. The topological polar surface area (TPSA) is 209 Å². The zero-order valence-corrected chi connectivity index (χ0v) is 24.5. The van der Waals surface area contributed by atoms with Crippen LogP contribution >= 0.6 is 46.4 Å². The van der Waals surface area contributed by atoms with Gasteiger partial charge >= 0.3 is 0 Å². The summed E-state index contributed by atoms with van der Waals surface area (Å²) in [5.41, 5.74) is 6.44. The van der Waals surface area contributed by atoms with Crippen LogP contribution in [-0.4, -0.2) is 74.7 Å². The molecular formula is C23H18N10O5S4. The summed E-state index contributed by atoms with van der Waals surface area (Å²) in [6.07, 6.45) is 7.39. The van der Waals surface area contributed by atoms with Crippen molar-refractivity contribution in [2.24, 2.45) is 12.2 Å². The number of anilines is 1. The Labute approximate surface area is 253 Å². The number of aryl methyl sites for hydroxylation is 1. The average molecular weight is 643 g/mol. The van der Waals surface area contributed by atoms with Gasteiger partial charge in [-0.25, -0.2) is 14.5 Å². The maximum Gasteiger partial charge on any atom is 0.278 e. The molecule has 6 rings (SSSR count). The van der Waals surface area contributed by atoms with Gasteiger partial charge in [-0.05, 0) is 6.07 Å². The second-order valence-electron chi connectivity index (χ2n) is 8.82. The van der Waals surface area contributed by atoms with E-state index in [0.29, 0.717) is 15.1 Å². The molecule has 214 valence electrons. The van der Waals surface area contributed by atoms with Crippen molar-refractivity contribution in [3.05, 3.63) is 58.9 Å². The number of thiazole rings is 1. The predicted octanol–water partition coefficient (Wildman–Crippen LogP) is -0.414. The third-order valence-electron chi connectivity index (χ3n) is 6.15. The van der Waals surface area contributed by atoms with Gasteiger partial charge in [-0.15, -0.1) is 23.1 Å². The number of aromatic nitrogens is 6. The molecule has 0 radical (unpaired) electrons. The van der Waals surface area contributed by atoms with E-state index in [-0.39, 0.29) is 22.4 Å². The number of hydrogen-bond donors (Lipinski definition) is 3. The predicted molar refractivity (Wildman–Crippen MR) is 151 cm³/mol. The molecule has 6 heterocycles. The van der Waals surface area contributed by atoms with Crippen molar-refractivity contribution in [2.45, 2.75) is 15.8 Å². The van der Waals surface area contributed by atoms with Gasteiger partial charge in [0.25, 0.3) is 11.8 Å². The zero-order chi connectivity index (χ0) is 29.5. The van der Waals surface area contributed by atoms with Crippen LogP contribution < -0.4 is 20.7 Å². The molecule has 4 aromatic heterocycles. The lowest BCUT2D eigenvalue weighted by Crippen LogP contribution is -2.71. The highest BCUT2D eigenvalue weighted by atomic mass is 32.2. The smallest absolute Gasteiger partial charge is 0.278 e. The van der Waals surface area contributed by atoms with Crippen LogP contribution in [0.3, 0.4) is 0 Å². The Morgan fingerprint density at radius 1 is 1.36 bits per heavy atom. The lowest BCUT2D eigenvalue weighted by atomic mass is 10.0. The molecular weight excluding hydrogens is 625 g/mol. The number of aliphatic carboxylic acids is 1. The van der Waals surface area contributed by atoms with Gasteiger partial charge < -0.3 is 26.2 Å². The summed E-state index contributed by atoms with van der Waals surface area (Å²) >= 11 is 4.53. The largest absolute Gasteiger partial charge is 0.543 e. The van der Waals surface area contributed by atoms with E-state index in [1.807, 2.05) is 47.7 Å². The number of carbonyl (C=O) groups excluding carboxylic acids is 3. The van der Waals surface area contributed by atoms with Crippen molar-refractivity contribution >= 4 is 75.0 Å². The monoisotopic (exact) mass is 642 g/mol. The normalized spacial score (nSPS) is 18.5. The van der Waals surface area contributed by atoms with Gasteiger partial charge in [0, 0.05) is 39.8 Å². The number of amides is 2. The van der Waals surface area contributed by atoms with Gasteiger partial charge in [0.05, 0.1) is 22.9 Å².